The number of H-pyrrole nitrogens is 1. The Morgan fingerprint density at radius 1 is 1.09 bits per heavy atom. The molecule has 10 heteroatoms. The molecule has 2 N–H and O–H groups in total. The normalized spacial score (nSPS) is 15.0. The van der Waals surface area contributed by atoms with Gasteiger partial charge in [-0.3, -0.25) is 19.8 Å². The van der Waals surface area contributed by atoms with Crippen molar-refractivity contribution in [3.05, 3.63) is 63.3 Å². The van der Waals surface area contributed by atoms with Crippen molar-refractivity contribution in [2.24, 2.45) is 0 Å². The van der Waals surface area contributed by atoms with Crippen molar-refractivity contribution < 1.29 is 18.1 Å². The molecule has 1 aliphatic rings. The van der Waals surface area contributed by atoms with Gasteiger partial charge in [-0.05, 0) is 69.1 Å². The van der Waals surface area contributed by atoms with Crippen LogP contribution in [0.25, 0.3) is 10.9 Å². The second-order valence-electron chi connectivity index (χ2n) is 8.49. The van der Waals surface area contributed by atoms with Crippen molar-refractivity contribution in [2.45, 2.75) is 42.9 Å². The van der Waals surface area contributed by atoms with Crippen molar-refractivity contribution in [3.63, 3.8) is 0 Å². The number of fused-ring (bicyclic) bond motifs is 1. The quantitative estimate of drug-likeness (QED) is 0.418. The smallest absolute Gasteiger partial charge is 0.270 e. The van der Waals surface area contributed by atoms with Gasteiger partial charge >= 0.3 is 0 Å². The van der Waals surface area contributed by atoms with Gasteiger partial charge in [-0.25, -0.2) is 8.42 Å². The summed E-state index contributed by atoms with van der Waals surface area (Å²) in [4.78, 5) is 28.7. The standard InChI is InChI=1S/C23H26N4O5S/c1-15-10-16(2)12-18(11-15)33(31,32)22-19-13-17(27(29)30)6-7-20(19)25-21(22)23(28)24-14-26-8-4-3-5-9-26/h6-7,10-13,25H,3-5,8-9,14H2,1-2H3,(H,24,28). The number of rotatable bonds is 6. The summed E-state index contributed by atoms with van der Waals surface area (Å²) < 4.78 is 27.5. The topological polar surface area (TPSA) is 125 Å². The van der Waals surface area contributed by atoms with E-state index in [4.69, 9.17) is 0 Å². The minimum absolute atomic E-state index is 0.0393. The molecule has 0 aliphatic carbocycles. The van der Waals surface area contributed by atoms with Crippen LogP contribution in [0, 0.1) is 24.0 Å². The minimum Gasteiger partial charge on any atom is -0.349 e. The number of nitro benzene ring substituents is 1. The average Bonchev–Trinajstić information content (AvgIpc) is 3.17. The summed E-state index contributed by atoms with van der Waals surface area (Å²) in [7, 11) is -4.16. The molecule has 0 radical (unpaired) electrons. The highest BCUT2D eigenvalue weighted by Gasteiger charge is 2.31. The first kappa shape index (κ1) is 22.9. The molecule has 33 heavy (non-hydrogen) atoms. The first-order chi connectivity index (χ1) is 15.7. The number of nitro groups is 1. The molecule has 9 nitrogen and oxygen atoms in total. The molecule has 1 amide bonds. The number of non-ortho nitro benzene ring substituents is 1. The Morgan fingerprint density at radius 2 is 1.76 bits per heavy atom. The fourth-order valence-corrected chi connectivity index (χ4v) is 6.09. The van der Waals surface area contributed by atoms with Crippen LogP contribution in [0.4, 0.5) is 5.69 Å². The van der Waals surface area contributed by atoms with Crippen LogP contribution in [-0.4, -0.2) is 48.9 Å². The summed E-state index contributed by atoms with van der Waals surface area (Å²) in [5, 5.41) is 14.3. The van der Waals surface area contributed by atoms with Gasteiger partial charge in [0.05, 0.1) is 16.5 Å². The molecule has 0 unspecified atom stereocenters. The maximum atomic E-state index is 13.7. The number of benzene rings is 2. The van der Waals surface area contributed by atoms with Crippen LogP contribution >= 0.6 is 0 Å². The van der Waals surface area contributed by atoms with Crippen LogP contribution in [0.2, 0.25) is 0 Å². The van der Waals surface area contributed by atoms with E-state index in [1.54, 1.807) is 13.8 Å². The second-order valence-corrected chi connectivity index (χ2v) is 10.4. The van der Waals surface area contributed by atoms with Crippen molar-refractivity contribution in [1.82, 2.24) is 15.2 Å². The van der Waals surface area contributed by atoms with E-state index in [0.29, 0.717) is 12.2 Å². The number of carbonyl (C=O) groups excluding carboxylic acids is 1. The van der Waals surface area contributed by atoms with Crippen molar-refractivity contribution in [2.75, 3.05) is 19.8 Å². The van der Waals surface area contributed by atoms with E-state index in [-0.39, 0.29) is 26.6 Å². The summed E-state index contributed by atoms with van der Waals surface area (Å²) in [5.74, 6) is -0.567. The van der Waals surface area contributed by atoms with E-state index in [2.05, 4.69) is 15.2 Å². The largest absolute Gasteiger partial charge is 0.349 e. The molecule has 3 aromatic rings. The summed E-state index contributed by atoms with van der Waals surface area (Å²) in [6.45, 7) is 5.62. The van der Waals surface area contributed by atoms with Crippen LogP contribution in [-0.2, 0) is 9.84 Å². The third-order valence-electron chi connectivity index (χ3n) is 5.86. The van der Waals surface area contributed by atoms with Gasteiger partial charge in [-0.2, -0.15) is 0 Å². The lowest BCUT2D eigenvalue weighted by Crippen LogP contribution is -2.40. The number of nitrogens with one attached hydrogen (secondary N) is 2. The van der Waals surface area contributed by atoms with Crippen LogP contribution in [0.3, 0.4) is 0 Å². The van der Waals surface area contributed by atoms with Crippen LogP contribution in [0.15, 0.2) is 46.2 Å². The summed E-state index contributed by atoms with van der Waals surface area (Å²) in [6.07, 6.45) is 3.26. The maximum absolute atomic E-state index is 13.7. The third-order valence-corrected chi connectivity index (χ3v) is 7.68. The summed E-state index contributed by atoms with van der Waals surface area (Å²) in [5.41, 5.74) is 1.48. The molecule has 1 aliphatic heterocycles. The highest BCUT2D eigenvalue weighted by Crippen LogP contribution is 2.34. The number of aromatic amines is 1. The van der Waals surface area contributed by atoms with Crippen LogP contribution < -0.4 is 5.32 Å². The minimum atomic E-state index is -4.16. The molecule has 1 fully saturated rings. The van der Waals surface area contributed by atoms with Crippen LogP contribution in [0.1, 0.15) is 40.9 Å². The van der Waals surface area contributed by atoms with Gasteiger partial charge in [-0.1, -0.05) is 12.5 Å². The van der Waals surface area contributed by atoms with Crippen molar-refractivity contribution in [1.29, 1.82) is 0 Å². The molecular formula is C23H26N4O5S. The van der Waals surface area contributed by atoms with Gasteiger partial charge in [-0.15, -0.1) is 0 Å². The monoisotopic (exact) mass is 470 g/mol. The molecule has 1 aromatic heterocycles. The third kappa shape index (κ3) is 4.62. The number of hydrogen-bond donors (Lipinski definition) is 2. The zero-order chi connectivity index (χ0) is 23.8. The Balaban J connectivity index is 1.83. The SMILES string of the molecule is Cc1cc(C)cc(S(=O)(=O)c2c(C(=O)NCN3CCCCC3)[nH]c3ccc([N+](=O)[O-])cc23)c1. The van der Waals surface area contributed by atoms with Gasteiger partial charge in [0.1, 0.15) is 10.6 Å². The zero-order valence-electron chi connectivity index (χ0n) is 18.6. The van der Waals surface area contributed by atoms with Crippen molar-refractivity contribution in [3.8, 4) is 0 Å². The lowest BCUT2D eigenvalue weighted by molar-refractivity contribution is -0.384. The Labute approximate surface area is 191 Å². The Kier molecular flexibility index (Phi) is 6.22. The Bertz CT molecular complexity index is 1320. The summed E-state index contributed by atoms with van der Waals surface area (Å²) in [6, 6.07) is 8.83. The average molecular weight is 471 g/mol. The number of carbonyl (C=O) groups is 1. The van der Waals surface area contributed by atoms with Gasteiger partial charge in [0.25, 0.3) is 11.6 Å². The fourth-order valence-electron chi connectivity index (χ4n) is 4.30. The Morgan fingerprint density at radius 3 is 2.39 bits per heavy atom. The van der Waals surface area contributed by atoms with Crippen LogP contribution in [0.5, 0.6) is 0 Å². The van der Waals surface area contributed by atoms with E-state index in [1.165, 1.54) is 30.3 Å². The number of likely N-dealkylation sites (tertiary alicyclic amines) is 1. The molecule has 2 heterocycles. The fraction of sp³-hybridized carbons (Fsp3) is 0.348. The number of aryl methyl sites for hydroxylation is 2. The lowest BCUT2D eigenvalue weighted by atomic mass is 10.1. The number of amides is 1. The molecule has 0 atom stereocenters. The predicted molar refractivity (Wildman–Crippen MR) is 124 cm³/mol. The molecule has 4 rings (SSSR count). The van der Waals surface area contributed by atoms with Gasteiger partial charge in [0.2, 0.25) is 9.84 Å². The van der Waals surface area contributed by atoms with E-state index >= 15 is 0 Å². The van der Waals surface area contributed by atoms with Gasteiger partial charge < -0.3 is 10.3 Å². The number of hydrogen-bond acceptors (Lipinski definition) is 6. The molecule has 0 spiro atoms. The first-order valence-corrected chi connectivity index (χ1v) is 12.3. The van der Waals surface area contributed by atoms with E-state index in [1.807, 2.05) is 6.07 Å². The molecule has 0 bridgehead atoms. The van der Waals surface area contributed by atoms with Crippen molar-refractivity contribution >= 4 is 32.3 Å². The number of piperidine rings is 1. The lowest BCUT2D eigenvalue weighted by Gasteiger charge is -2.26. The van der Waals surface area contributed by atoms with Gasteiger partial charge in [0.15, 0.2) is 0 Å². The molecule has 2 aromatic carbocycles. The highest BCUT2D eigenvalue weighted by atomic mass is 32.2. The molecule has 1 saturated heterocycles. The van der Waals surface area contributed by atoms with E-state index in [0.717, 1.165) is 43.5 Å². The Hall–Kier alpha value is -3.24. The molecule has 174 valence electrons. The number of nitrogens with zero attached hydrogens (tertiary/aromatic N) is 2. The predicted octanol–water partition coefficient (Wildman–Crippen LogP) is 3.70. The summed E-state index contributed by atoms with van der Waals surface area (Å²) >= 11 is 0. The van der Waals surface area contributed by atoms with E-state index < -0.39 is 20.7 Å². The second kappa shape index (κ2) is 8.95. The maximum Gasteiger partial charge on any atom is 0.270 e. The number of sulfone groups is 1. The van der Waals surface area contributed by atoms with E-state index in [9.17, 15) is 23.3 Å². The van der Waals surface area contributed by atoms with Gasteiger partial charge in [0, 0.05) is 23.0 Å². The first-order valence-electron chi connectivity index (χ1n) is 10.8. The molecular weight excluding hydrogens is 444 g/mol. The zero-order valence-corrected chi connectivity index (χ0v) is 19.4. The highest BCUT2D eigenvalue weighted by molar-refractivity contribution is 7.91. The molecule has 0 saturated carbocycles. The number of aromatic nitrogens is 1.